The first kappa shape index (κ1) is 14.3. The number of fused-ring (bicyclic) bond motifs is 1. The van der Waals surface area contributed by atoms with E-state index in [9.17, 15) is 8.42 Å². The summed E-state index contributed by atoms with van der Waals surface area (Å²) in [4.78, 5) is 0.113. The van der Waals surface area contributed by atoms with Crippen LogP contribution < -0.4 is 9.88 Å². The molecule has 1 aliphatic rings. The Balaban J connectivity index is 1.96. The minimum absolute atomic E-state index is 0.113. The second-order valence-corrected chi connectivity index (χ2v) is 6.63. The molecule has 2 N–H and O–H groups in total. The zero-order valence-electron chi connectivity index (χ0n) is 11.5. The van der Waals surface area contributed by atoms with Crippen LogP contribution in [0.25, 0.3) is 10.8 Å². The van der Waals surface area contributed by atoms with E-state index in [0.717, 1.165) is 24.8 Å². The lowest BCUT2D eigenvalue weighted by molar-refractivity contribution is 0.0685. The Kier molecular flexibility index (Phi) is 3.84. The van der Waals surface area contributed by atoms with Gasteiger partial charge in [-0.2, -0.15) is 0 Å². The van der Waals surface area contributed by atoms with Crippen molar-refractivity contribution in [3.63, 3.8) is 0 Å². The van der Waals surface area contributed by atoms with Crippen LogP contribution in [0.15, 0.2) is 41.3 Å². The number of sulfonamides is 1. The molecule has 1 fully saturated rings. The SMILES string of the molecule is NS(=O)(=O)c1ccc(OCC2CCCO2)c2ccccc12. The van der Waals surface area contributed by atoms with Gasteiger partial charge < -0.3 is 9.47 Å². The van der Waals surface area contributed by atoms with E-state index in [1.807, 2.05) is 12.1 Å². The summed E-state index contributed by atoms with van der Waals surface area (Å²) in [6.07, 6.45) is 2.16. The third kappa shape index (κ3) is 3.02. The molecule has 0 saturated carbocycles. The largest absolute Gasteiger partial charge is 0.490 e. The highest BCUT2D eigenvalue weighted by molar-refractivity contribution is 7.89. The van der Waals surface area contributed by atoms with Crippen molar-refractivity contribution < 1.29 is 17.9 Å². The second kappa shape index (κ2) is 5.63. The van der Waals surface area contributed by atoms with Crippen LogP contribution in [-0.4, -0.2) is 27.7 Å². The van der Waals surface area contributed by atoms with Crippen LogP contribution >= 0.6 is 0 Å². The van der Waals surface area contributed by atoms with Crippen LogP contribution in [0.4, 0.5) is 0 Å². The van der Waals surface area contributed by atoms with Gasteiger partial charge in [0.2, 0.25) is 10.0 Å². The highest BCUT2D eigenvalue weighted by atomic mass is 32.2. The third-order valence-corrected chi connectivity index (χ3v) is 4.57. The molecule has 0 amide bonds. The van der Waals surface area contributed by atoms with E-state index in [-0.39, 0.29) is 11.0 Å². The van der Waals surface area contributed by atoms with Crippen molar-refractivity contribution in [1.82, 2.24) is 0 Å². The zero-order chi connectivity index (χ0) is 14.9. The Morgan fingerprint density at radius 1 is 1.19 bits per heavy atom. The molecule has 0 spiro atoms. The fourth-order valence-electron chi connectivity index (χ4n) is 2.58. The van der Waals surface area contributed by atoms with Crippen molar-refractivity contribution in [2.45, 2.75) is 23.8 Å². The maximum Gasteiger partial charge on any atom is 0.238 e. The molecule has 0 aliphatic carbocycles. The molecule has 1 heterocycles. The molecule has 3 rings (SSSR count). The second-order valence-electron chi connectivity index (χ2n) is 5.10. The Labute approximate surface area is 123 Å². The van der Waals surface area contributed by atoms with Crippen molar-refractivity contribution in [2.75, 3.05) is 13.2 Å². The number of benzene rings is 2. The highest BCUT2D eigenvalue weighted by Gasteiger charge is 2.18. The van der Waals surface area contributed by atoms with E-state index in [1.54, 1.807) is 18.2 Å². The summed E-state index contributed by atoms with van der Waals surface area (Å²) in [7, 11) is -3.76. The lowest BCUT2D eigenvalue weighted by Crippen LogP contribution is -2.17. The van der Waals surface area contributed by atoms with E-state index in [0.29, 0.717) is 17.7 Å². The maximum absolute atomic E-state index is 11.6. The van der Waals surface area contributed by atoms with Crippen LogP contribution in [-0.2, 0) is 14.8 Å². The van der Waals surface area contributed by atoms with Gasteiger partial charge in [-0.15, -0.1) is 0 Å². The molecule has 1 aliphatic heterocycles. The van der Waals surface area contributed by atoms with Gasteiger partial charge in [-0.05, 0) is 25.0 Å². The minimum Gasteiger partial charge on any atom is -0.490 e. The monoisotopic (exact) mass is 307 g/mol. The van der Waals surface area contributed by atoms with Crippen molar-refractivity contribution in [3.05, 3.63) is 36.4 Å². The molecule has 6 heteroatoms. The predicted molar refractivity (Wildman–Crippen MR) is 79.8 cm³/mol. The third-order valence-electron chi connectivity index (χ3n) is 3.60. The predicted octanol–water partition coefficient (Wildman–Crippen LogP) is 2.04. The van der Waals surface area contributed by atoms with Crippen LogP contribution in [0.5, 0.6) is 5.75 Å². The summed E-state index contributed by atoms with van der Waals surface area (Å²) in [5.41, 5.74) is 0. The maximum atomic E-state index is 11.6. The van der Waals surface area contributed by atoms with Gasteiger partial charge in [-0.1, -0.05) is 24.3 Å². The summed E-state index contributed by atoms with van der Waals surface area (Å²) in [5, 5.41) is 6.57. The van der Waals surface area contributed by atoms with Crippen molar-refractivity contribution in [1.29, 1.82) is 0 Å². The molecule has 1 saturated heterocycles. The van der Waals surface area contributed by atoms with Gasteiger partial charge in [0.25, 0.3) is 0 Å². The number of ether oxygens (including phenoxy) is 2. The van der Waals surface area contributed by atoms with Gasteiger partial charge in [-0.25, -0.2) is 13.6 Å². The van der Waals surface area contributed by atoms with Gasteiger partial charge in [-0.3, -0.25) is 0 Å². The highest BCUT2D eigenvalue weighted by Crippen LogP contribution is 2.31. The molecular formula is C15H17NO4S. The lowest BCUT2D eigenvalue weighted by Gasteiger charge is -2.14. The molecule has 0 bridgehead atoms. The summed E-state index contributed by atoms with van der Waals surface area (Å²) in [6, 6.07) is 10.3. The minimum atomic E-state index is -3.76. The molecule has 112 valence electrons. The van der Waals surface area contributed by atoms with E-state index in [4.69, 9.17) is 14.6 Å². The molecule has 21 heavy (non-hydrogen) atoms. The normalized spacial score (nSPS) is 19.0. The Morgan fingerprint density at radius 2 is 1.95 bits per heavy atom. The molecule has 0 radical (unpaired) electrons. The van der Waals surface area contributed by atoms with Gasteiger partial charge in [0.1, 0.15) is 12.4 Å². The van der Waals surface area contributed by atoms with Crippen molar-refractivity contribution in [3.8, 4) is 5.75 Å². The van der Waals surface area contributed by atoms with Crippen LogP contribution in [0.3, 0.4) is 0 Å². The molecule has 1 atom stereocenters. The van der Waals surface area contributed by atoms with E-state index in [2.05, 4.69) is 0 Å². The first-order valence-electron chi connectivity index (χ1n) is 6.84. The average molecular weight is 307 g/mol. The topological polar surface area (TPSA) is 78.6 Å². The summed E-state index contributed by atoms with van der Waals surface area (Å²) >= 11 is 0. The molecule has 5 nitrogen and oxygen atoms in total. The van der Waals surface area contributed by atoms with Gasteiger partial charge >= 0.3 is 0 Å². The molecule has 2 aromatic rings. The Hall–Kier alpha value is -1.63. The molecule has 2 aromatic carbocycles. The smallest absolute Gasteiger partial charge is 0.238 e. The molecule has 0 aromatic heterocycles. The number of hydrogen-bond donors (Lipinski definition) is 1. The summed E-state index contributed by atoms with van der Waals surface area (Å²) in [6.45, 7) is 1.25. The quantitative estimate of drug-likeness (QED) is 0.937. The van der Waals surface area contributed by atoms with Crippen LogP contribution in [0.1, 0.15) is 12.8 Å². The standard InChI is InChI=1S/C15H17NO4S/c16-21(17,18)15-8-7-14(12-5-1-2-6-13(12)15)20-10-11-4-3-9-19-11/h1-2,5-8,11H,3-4,9-10H2,(H2,16,17,18). The average Bonchev–Trinajstić information content (AvgIpc) is 2.96. The van der Waals surface area contributed by atoms with E-state index >= 15 is 0 Å². The van der Waals surface area contributed by atoms with Crippen LogP contribution in [0, 0.1) is 0 Å². The van der Waals surface area contributed by atoms with Crippen molar-refractivity contribution in [2.24, 2.45) is 5.14 Å². The fraction of sp³-hybridized carbons (Fsp3) is 0.333. The zero-order valence-corrected chi connectivity index (χ0v) is 12.3. The summed E-state index contributed by atoms with van der Waals surface area (Å²) in [5.74, 6) is 0.647. The van der Waals surface area contributed by atoms with Gasteiger partial charge in [0.15, 0.2) is 0 Å². The molecule has 1 unspecified atom stereocenters. The molecular weight excluding hydrogens is 290 g/mol. The Bertz CT molecular complexity index is 751. The number of primary sulfonamides is 1. The van der Waals surface area contributed by atoms with E-state index in [1.165, 1.54) is 6.07 Å². The number of nitrogens with two attached hydrogens (primary N) is 1. The summed E-state index contributed by atoms with van der Waals surface area (Å²) < 4.78 is 34.6. The van der Waals surface area contributed by atoms with Gasteiger partial charge in [0, 0.05) is 17.4 Å². The van der Waals surface area contributed by atoms with E-state index < -0.39 is 10.0 Å². The lowest BCUT2D eigenvalue weighted by atomic mass is 10.1. The first-order chi connectivity index (χ1) is 10.1. The van der Waals surface area contributed by atoms with Crippen molar-refractivity contribution >= 4 is 20.8 Å². The Morgan fingerprint density at radius 3 is 2.62 bits per heavy atom. The van der Waals surface area contributed by atoms with Crippen LogP contribution in [0.2, 0.25) is 0 Å². The van der Waals surface area contributed by atoms with Gasteiger partial charge in [0.05, 0.1) is 11.0 Å². The first-order valence-corrected chi connectivity index (χ1v) is 8.39. The fourth-order valence-corrected chi connectivity index (χ4v) is 3.32. The number of rotatable bonds is 4. The number of hydrogen-bond acceptors (Lipinski definition) is 4.